The van der Waals surface area contributed by atoms with Gasteiger partial charge in [-0.3, -0.25) is 9.69 Å². The fraction of sp³-hybridized carbons (Fsp3) is 0.200. The number of nitrogens with zero attached hydrogens (tertiary/aromatic N) is 3. The zero-order valence-corrected chi connectivity index (χ0v) is 16.8. The predicted octanol–water partition coefficient (Wildman–Crippen LogP) is 4.76. The lowest BCUT2D eigenvalue weighted by molar-refractivity contribution is -0.128. The number of amides is 1. The molecule has 3 aromatic rings. The van der Waals surface area contributed by atoms with Crippen LogP contribution in [0.5, 0.6) is 0 Å². The van der Waals surface area contributed by atoms with E-state index in [9.17, 15) is 4.79 Å². The van der Waals surface area contributed by atoms with E-state index in [-0.39, 0.29) is 12.1 Å². The van der Waals surface area contributed by atoms with Crippen LogP contribution in [0.25, 0.3) is 0 Å². The van der Waals surface area contributed by atoms with Crippen LogP contribution in [0, 0.1) is 6.92 Å². The summed E-state index contributed by atoms with van der Waals surface area (Å²) in [6, 6.07) is 28.6. The maximum absolute atomic E-state index is 13.0. The standard InChI is InChI=1S/C25H25N3O/c1-19-13-15-22(16-14-19)20(2)26-28-24(29)18-27(17-21-9-5-3-6-10-21)25(28)23-11-7-4-8-12-23/h3-16,25H,17-18H2,1-2H3/b26-20-/t25-/m1/s1. The molecule has 0 unspecified atom stereocenters. The summed E-state index contributed by atoms with van der Waals surface area (Å²) in [5, 5.41) is 6.41. The van der Waals surface area contributed by atoms with Gasteiger partial charge in [0.25, 0.3) is 5.91 Å². The summed E-state index contributed by atoms with van der Waals surface area (Å²) in [6.07, 6.45) is -0.218. The Kier molecular flexibility index (Phi) is 5.54. The van der Waals surface area contributed by atoms with Crippen molar-refractivity contribution in [3.63, 3.8) is 0 Å². The lowest BCUT2D eigenvalue weighted by Gasteiger charge is -2.28. The van der Waals surface area contributed by atoms with Crippen LogP contribution in [0.1, 0.15) is 35.3 Å². The summed E-state index contributed by atoms with van der Waals surface area (Å²) in [7, 11) is 0. The molecule has 4 heteroatoms. The molecule has 1 heterocycles. The van der Waals surface area contributed by atoms with Crippen molar-refractivity contribution in [1.82, 2.24) is 9.91 Å². The molecule has 0 spiro atoms. The van der Waals surface area contributed by atoms with Crippen LogP contribution in [0.2, 0.25) is 0 Å². The van der Waals surface area contributed by atoms with Crippen LogP contribution >= 0.6 is 0 Å². The first-order chi connectivity index (χ1) is 14.1. The summed E-state index contributed by atoms with van der Waals surface area (Å²) in [5.41, 5.74) is 5.31. The fourth-order valence-electron chi connectivity index (χ4n) is 3.69. The predicted molar refractivity (Wildman–Crippen MR) is 116 cm³/mol. The second-order valence-electron chi connectivity index (χ2n) is 7.46. The summed E-state index contributed by atoms with van der Waals surface area (Å²) >= 11 is 0. The highest BCUT2D eigenvalue weighted by Gasteiger charge is 2.39. The van der Waals surface area contributed by atoms with Gasteiger partial charge in [0.05, 0.1) is 12.3 Å². The molecule has 0 radical (unpaired) electrons. The van der Waals surface area contributed by atoms with Crippen molar-refractivity contribution in [3.8, 4) is 0 Å². The third-order valence-electron chi connectivity index (χ3n) is 5.22. The first-order valence-corrected chi connectivity index (χ1v) is 9.89. The third kappa shape index (κ3) is 4.28. The maximum atomic E-state index is 13.0. The first kappa shape index (κ1) is 19.1. The average Bonchev–Trinajstić information content (AvgIpc) is 3.04. The molecule has 3 aromatic carbocycles. The highest BCUT2D eigenvalue weighted by Crippen LogP contribution is 2.32. The van der Waals surface area contributed by atoms with Crippen LogP contribution in [0.3, 0.4) is 0 Å². The van der Waals surface area contributed by atoms with Crippen molar-refractivity contribution < 1.29 is 4.79 Å². The SMILES string of the molecule is C/C(=N/N1C(=O)CN(Cc2ccccc2)[C@H]1c1ccccc1)c1ccc(C)cc1. The minimum Gasteiger partial charge on any atom is -0.271 e. The van der Waals surface area contributed by atoms with E-state index in [2.05, 4.69) is 48.2 Å². The number of aryl methyl sites for hydroxylation is 1. The smallest absolute Gasteiger partial charge is 0.258 e. The molecule has 1 amide bonds. The fourth-order valence-corrected chi connectivity index (χ4v) is 3.69. The molecular formula is C25H25N3O. The van der Waals surface area contributed by atoms with Gasteiger partial charge in [0, 0.05) is 6.54 Å². The van der Waals surface area contributed by atoms with Gasteiger partial charge in [0.2, 0.25) is 0 Å². The lowest BCUT2D eigenvalue weighted by Crippen LogP contribution is -2.29. The number of benzene rings is 3. The summed E-state index contributed by atoms with van der Waals surface area (Å²) in [4.78, 5) is 15.1. The molecule has 0 aliphatic carbocycles. The lowest BCUT2D eigenvalue weighted by atomic mass is 10.1. The number of hydrogen-bond acceptors (Lipinski definition) is 3. The van der Waals surface area contributed by atoms with E-state index in [1.807, 2.05) is 55.5 Å². The zero-order valence-electron chi connectivity index (χ0n) is 16.8. The van der Waals surface area contributed by atoms with Crippen LogP contribution in [-0.4, -0.2) is 28.1 Å². The number of hydrazone groups is 1. The van der Waals surface area contributed by atoms with Gasteiger partial charge in [-0.1, -0.05) is 90.5 Å². The van der Waals surface area contributed by atoms with Gasteiger partial charge in [-0.05, 0) is 30.5 Å². The molecule has 4 rings (SSSR count). The molecule has 0 aromatic heterocycles. The van der Waals surface area contributed by atoms with Crippen LogP contribution < -0.4 is 0 Å². The molecule has 29 heavy (non-hydrogen) atoms. The Bertz CT molecular complexity index is 997. The number of hydrogen-bond donors (Lipinski definition) is 0. The van der Waals surface area contributed by atoms with Gasteiger partial charge >= 0.3 is 0 Å². The van der Waals surface area contributed by atoms with Crippen LogP contribution in [0.4, 0.5) is 0 Å². The van der Waals surface area contributed by atoms with Gasteiger partial charge in [0.15, 0.2) is 0 Å². The molecule has 1 fully saturated rings. The summed E-state index contributed by atoms with van der Waals surface area (Å²) < 4.78 is 0. The van der Waals surface area contributed by atoms with Crippen molar-refractivity contribution in [2.45, 2.75) is 26.6 Å². The highest BCUT2D eigenvalue weighted by molar-refractivity contribution is 5.99. The van der Waals surface area contributed by atoms with Crippen LogP contribution in [0.15, 0.2) is 90.0 Å². The largest absolute Gasteiger partial charge is 0.271 e. The number of carbonyl (C=O) groups is 1. The van der Waals surface area contributed by atoms with E-state index in [1.54, 1.807) is 5.01 Å². The monoisotopic (exact) mass is 383 g/mol. The molecule has 1 atom stereocenters. The molecule has 1 aliphatic rings. The van der Waals surface area contributed by atoms with Crippen molar-refractivity contribution in [3.05, 3.63) is 107 Å². The van der Waals surface area contributed by atoms with Gasteiger partial charge < -0.3 is 0 Å². The molecule has 1 saturated heterocycles. The van der Waals surface area contributed by atoms with E-state index in [0.29, 0.717) is 13.1 Å². The van der Waals surface area contributed by atoms with E-state index >= 15 is 0 Å². The molecule has 0 saturated carbocycles. The third-order valence-corrected chi connectivity index (χ3v) is 5.22. The Labute approximate surface area is 172 Å². The highest BCUT2D eigenvalue weighted by atomic mass is 16.2. The Morgan fingerprint density at radius 2 is 1.55 bits per heavy atom. The average molecular weight is 383 g/mol. The summed E-state index contributed by atoms with van der Waals surface area (Å²) in [5.74, 6) is 0.0150. The second-order valence-corrected chi connectivity index (χ2v) is 7.46. The maximum Gasteiger partial charge on any atom is 0.258 e. The van der Waals surface area contributed by atoms with Gasteiger partial charge in [-0.2, -0.15) is 5.10 Å². The molecular weight excluding hydrogens is 358 g/mol. The molecule has 1 aliphatic heterocycles. The first-order valence-electron chi connectivity index (χ1n) is 9.89. The van der Waals surface area contributed by atoms with E-state index in [0.717, 1.165) is 16.8 Å². The van der Waals surface area contributed by atoms with Crippen molar-refractivity contribution in [1.29, 1.82) is 0 Å². The van der Waals surface area contributed by atoms with Crippen molar-refractivity contribution in [2.24, 2.45) is 5.10 Å². The van der Waals surface area contributed by atoms with E-state index in [1.165, 1.54) is 11.1 Å². The minimum atomic E-state index is -0.218. The number of rotatable bonds is 5. The van der Waals surface area contributed by atoms with E-state index < -0.39 is 0 Å². The van der Waals surface area contributed by atoms with Gasteiger partial charge in [-0.15, -0.1) is 0 Å². The summed E-state index contributed by atoms with van der Waals surface area (Å²) in [6.45, 7) is 5.06. The second kappa shape index (κ2) is 8.41. The normalized spacial score (nSPS) is 17.7. The number of carbonyl (C=O) groups excluding carboxylic acids is 1. The van der Waals surface area contributed by atoms with E-state index in [4.69, 9.17) is 5.10 Å². The zero-order chi connectivity index (χ0) is 20.2. The molecule has 0 bridgehead atoms. The Morgan fingerprint density at radius 3 is 2.21 bits per heavy atom. The Morgan fingerprint density at radius 1 is 0.931 bits per heavy atom. The van der Waals surface area contributed by atoms with Gasteiger partial charge in [-0.25, -0.2) is 5.01 Å². The molecule has 0 N–H and O–H groups in total. The quantitative estimate of drug-likeness (QED) is 0.596. The Balaban J connectivity index is 1.68. The molecule has 146 valence electrons. The Hall–Kier alpha value is -3.24. The minimum absolute atomic E-state index is 0.0150. The van der Waals surface area contributed by atoms with Gasteiger partial charge in [0.1, 0.15) is 6.17 Å². The van der Waals surface area contributed by atoms with Crippen molar-refractivity contribution in [2.75, 3.05) is 6.54 Å². The van der Waals surface area contributed by atoms with Crippen molar-refractivity contribution >= 4 is 11.6 Å². The van der Waals surface area contributed by atoms with Crippen LogP contribution in [-0.2, 0) is 11.3 Å². The molecule has 4 nitrogen and oxygen atoms in total. The topological polar surface area (TPSA) is 35.9 Å².